The Kier molecular flexibility index (Phi) is 6.73. The van der Waals surface area contributed by atoms with Crippen LogP contribution in [0.25, 0.3) is 0 Å². The summed E-state index contributed by atoms with van der Waals surface area (Å²) < 4.78 is 32.6. The number of likely N-dealkylation sites (tertiary alicyclic amines) is 1. The normalized spacial score (nSPS) is 22.8. The molecule has 1 spiro atoms. The number of amides is 1. The Hall–Kier alpha value is -2.51. The van der Waals surface area contributed by atoms with Crippen molar-refractivity contribution in [2.75, 3.05) is 26.2 Å². The minimum Gasteiger partial charge on any atom is -0.437 e. The molecule has 5 nitrogen and oxygen atoms in total. The summed E-state index contributed by atoms with van der Waals surface area (Å²) in [7, 11) is 0. The van der Waals surface area contributed by atoms with Gasteiger partial charge in [0.25, 0.3) is 0 Å². The number of carbonyl (C=O) groups is 1. The molecule has 0 aromatic heterocycles. The second-order valence-electron chi connectivity index (χ2n) is 9.27. The number of hydrogen-bond acceptors (Lipinski definition) is 4. The second kappa shape index (κ2) is 9.39. The van der Waals surface area contributed by atoms with Crippen LogP contribution < -0.4 is 0 Å². The summed E-state index contributed by atoms with van der Waals surface area (Å²) in [5.74, 6) is -0.495. The minimum atomic E-state index is -1.30. The fraction of sp³-hybridized carbons (Fsp3) is 0.500. The molecule has 1 atom stereocenters. The minimum absolute atomic E-state index is 0.0527. The topological polar surface area (TPSA) is 53.0 Å². The average molecular weight is 459 g/mol. The number of nitrogens with zero attached hydrogens (tertiary/aromatic N) is 2. The standard InChI is InChI=1S/C26H32F2N2O3/c1-3-30-24(31)33-26(25(30,2)32)14-17-29(18-15-26)16-4-5-23(19-6-10-21(27)11-7-19)20-8-12-22(28)13-9-20/h6-13,23,32H,3-5,14-18H2,1-2H3. The Morgan fingerprint density at radius 3 is 1.97 bits per heavy atom. The van der Waals surface area contributed by atoms with Gasteiger partial charge in [-0.15, -0.1) is 0 Å². The maximum absolute atomic E-state index is 13.4. The van der Waals surface area contributed by atoms with Gasteiger partial charge in [-0.25, -0.2) is 13.6 Å². The zero-order valence-electron chi connectivity index (χ0n) is 19.3. The van der Waals surface area contributed by atoms with Crippen LogP contribution >= 0.6 is 0 Å². The van der Waals surface area contributed by atoms with E-state index in [1.165, 1.54) is 29.2 Å². The van der Waals surface area contributed by atoms with Gasteiger partial charge in [0.1, 0.15) is 11.6 Å². The van der Waals surface area contributed by atoms with Crippen LogP contribution in [0.2, 0.25) is 0 Å². The quantitative estimate of drug-likeness (QED) is 0.642. The van der Waals surface area contributed by atoms with Gasteiger partial charge in [0.05, 0.1) is 0 Å². The van der Waals surface area contributed by atoms with Crippen molar-refractivity contribution in [2.24, 2.45) is 0 Å². The van der Waals surface area contributed by atoms with Crippen molar-refractivity contribution in [1.29, 1.82) is 0 Å². The van der Waals surface area contributed by atoms with E-state index in [-0.39, 0.29) is 17.6 Å². The molecule has 2 aromatic rings. The average Bonchev–Trinajstić information content (AvgIpc) is 2.98. The Balaban J connectivity index is 1.37. The highest BCUT2D eigenvalue weighted by molar-refractivity contribution is 5.72. The number of carbonyl (C=O) groups excluding carboxylic acids is 1. The molecule has 2 aliphatic heterocycles. The molecule has 4 rings (SSSR count). The lowest BCUT2D eigenvalue weighted by atomic mass is 9.82. The number of benzene rings is 2. The molecule has 2 aromatic carbocycles. The zero-order chi connectivity index (χ0) is 23.6. The highest BCUT2D eigenvalue weighted by atomic mass is 19.1. The molecule has 1 unspecified atom stereocenters. The Morgan fingerprint density at radius 2 is 1.52 bits per heavy atom. The van der Waals surface area contributed by atoms with Crippen LogP contribution in [-0.2, 0) is 4.74 Å². The summed E-state index contributed by atoms with van der Waals surface area (Å²) in [4.78, 5) is 15.9. The van der Waals surface area contributed by atoms with E-state index < -0.39 is 17.4 Å². The van der Waals surface area contributed by atoms with E-state index in [1.54, 1.807) is 31.2 Å². The van der Waals surface area contributed by atoms with E-state index in [2.05, 4.69) is 4.90 Å². The molecule has 2 fully saturated rings. The molecule has 1 amide bonds. The van der Waals surface area contributed by atoms with Gasteiger partial charge in [0.15, 0.2) is 11.3 Å². The van der Waals surface area contributed by atoms with Gasteiger partial charge in [-0.05, 0) is 68.6 Å². The smallest absolute Gasteiger partial charge is 0.412 e. The summed E-state index contributed by atoms with van der Waals surface area (Å²) in [5, 5.41) is 11.0. The predicted octanol–water partition coefficient (Wildman–Crippen LogP) is 4.89. The van der Waals surface area contributed by atoms with Gasteiger partial charge in [0.2, 0.25) is 0 Å². The third-order valence-electron chi connectivity index (χ3n) is 7.38. The maximum atomic E-state index is 13.4. The van der Waals surface area contributed by atoms with E-state index in [4.69, 9.17) is 4.74 Å². The van der Waals surface area contributed by atoms with E-state index in [9.17, 15) is 18.7 Å². The molecule has 33 heavy (non-hydrogen) atoms. The molecule has 0 bridgehead atoms. The first kappa shape index (κ1) is 23.6. The number of likely N-dealkylation sites (N-methyl/N-ethyl adjacent to an activating group) is 1. The van der Waals surface area contributed by atoms with Crippen LogP contribution in [0.1, 0.15) is 56.6 Å². The van der Waals surface area contributed by atoms with Gasteiger partial charge in [-0.3, -0.25) is 4.90 Å². The lowest BCUT2D eigenvalue weighted by Crippen LogP contribution is -2.60. The first-order valence-corrected chi connectivity index (χ1v) is 11.7. The van der Waals surface area contributed by atoms with Crippen LogP contribution in [0, 0.1) is 11.6 Å². The number of rotatable bonds is 7. The van der Waals surface area contributed by atoms with Crippen molar-refractivity contribution in [1.82, 2.24) is 9.80 Å². The third kappa shape index (κ3) is 4.62. The highest BCUT2D eigenvalue weighted by Gasteiger charge is 2.62. The van der Waals surface area contributed by atoms with Gasteiger partial charge in [-0.2, -0.15) is 0 Å². The SMILES string of the molecule is CCN1C(=O)OC2(CCN(CCCC(c3ccc(F)cc3)c3ccc(F)cc3)CC2)C1(C)O. The monoisotopic (exact) mass is 458 g/mol. The maximum Gasteiger partial charge on any atom is 0.412 e. The van der Waals surface area contributed by atoms with Crippen molar-refractivity contribution in [2.45, 2.75) is 56.8 Å². The Labute approximate surface area is 194 Å². The van der Waals surface area contributed by atoms with Crippen molar-refractivity contribution < 1.29 is 23.4 Å². The van der Waals surface area contributed by atoms with E-state index in [0.717, 1.165) is 43.6 Å². The lowest BCUT2D eigenvalue weighted by molar-refractivity contribution is -0.164. The molecule has 2 saturated heterocycles. The van der Waals surface area contributed by atoms with E-state index in [0.29, 0.717) is 19.4 Å². The van der Waals surface area contributed by atoms with Crippen molar-refractivity contribution >= 4 is 6.09 Å². The molecule has 0 saturated carbocycles. The summed E-state index contributed by atoms with van der Waals surface area (Å²) >= 11 is 0. The van der Waals surface area contributed by atoms with Gasteiger partial charge >= 0.3 is 6.09 Å². The van der Waals surface area contributed by atoms with Crippen LogP contribution in [-0.4, -0.2) is 58.5 Å². The Bertz CT molecular complexity index is 909. The number of ether oxygens (including phenoxy) is 1. The fourth-order valence-corrected chi connectivity index (χ4v) is 5.33. The largest absolute Gasteiger partial charge is 0.437 e. The van der Waals surface area contributed by atoms with Crippen molar-refractivity contribution in [3.8, 4) is 0 Å². The van der Waals surface area contributed by atoms with Crippen molar-refractivity contribution in [3.05, 3.63) is 71.3 Å². The van der Waals surface area contributed by atoms with Crippen LogP contribution in [0.15, 0.2) is 48.5 Å². The van der Waals surface area contributed by atoms with E-state index >= 15 is 0 Å². The van der Waals surface area contributed by atoms with Gasteiger partial charge < -0.3 is 14.7 Å². The number of aliphatic hydroxyl groups is 1. The fourth-order valence-electron chi connectivity index (χ4n) is 5.33. The molecular formula is C26H32F2N2O3. The summed E-state index contributed by atoms with van der Waals surface area (Å²) in [5.41, 5.74) is -0.147. The number of hydrogen-bond donors (Lipinski definition) is 1. The van der Waals surface area contributed by atoms with Crippen LogP contribution in [0.4, 0.5) is 13.6 Å². The first-order valence-electron chi connectivity index (χ1n) is 11.7. The molecule has 1 N–H and O–H groups in total. The zero-order valence-corrected chi connectivity index (χ0v) is 19.3. The highest BCUT2D eigenvalue weighted by Crippen LogP contribution is 2.44. The molecule has 2 heterocycles. The summed E-state index contributed by atoms with van der Waals surface area (Å²) in [6.07, 6.45) is 2.47. The molecule has 2 aliphatic rings. The van der Waals surface area contributed by atoms with E-state index in [1.807, 2.05) is 6.92 Å². The summed E-state index contributed by atoms with van der Waals surface area (Å²) in [6.45, 7) is 6.25. The first-order chi connectivity index (χ1) is 15.8. The number of piperidine rings is 1. The summed E-state index contributed by atoms with van der Waals surface area (Å²) in [6, 6.07) is 13.0. The second-order valence-corrected chi connectivity index (χ2v) is 9.27. The lowest BCUT2D eigenvalue weighted by Gasteiger charge is -2.44. The molecule has 7 heteroatoms. The molecular weight excluding hydrogens is 426 g/mol. The van der Waals surface area contributed by atoms with Crippen molar-refractivity contribution in [3.63, 3.8) is 0 Å². The van der Waals surface area contributed by atoms with Crippen LogP contribution in [0.5, 0.6) is 0 Å². The molecule has 178 valence electrons. The van der Waals surface area contributed by atoms with Gasteiger partial charge in [0, 0.05) is 38.4 Å². The Morgan fingerprint density at radius 1 is 1.00 bits per heavy atom. The predicted molar refractivity (Wildman–Crippen MR) is 122 cm³/mol. The number of halogens is 2. The molecule has 0 aliphatic carbocycles. The molecule has 0 radical (unpaired) electrons. The third-order valence-corrected chi connectivity index (χ3v) is 7.38. The van der Waals surface area contributed by atoms with Gasteiger partial charge in [-0.1, -0.05) is 24.3 Å². The van der Waals surface area contributed by atoms with Crippen LogP contribution in [0.3, 0.4) is 0 Å².